The molecular weight excluding hydrogens is 333 g/mol. The van der Waals surface area contributed by atoms with Crippen LogP contribution in [0.1, 0.15) is 15.2 Å². The maximum absolute atomic E-state index is 13.8. The standard InChI is InChI=1S/C16H14FN3OS2/c1-22-10-4-2-9(3-5-10)6-20-16(21)15-14(18)13-11(17)7-19-8-12(13)23-15/h2-5,7-8H,6,18H2,1H3,(H,20,21). The lowest BCUT2D eigenvalue weighted by atomic mass is 10.2. The Kier molecular flexibility index (Phi) is 4.49. The Bertz CT molecular complexity index is 862. The average molecular weight is 347 g/mol. The number of hydrogen-bond donors (Lipinski definition) is 2. The summed E-state index contributed by atoms with van der Waals surface area (Å²) >= 11 is 2.81. The molecular formula is C16H14FN3OS2. The van der Waals surface area contributed by atoms with E-state index in [1.54, 1.807) is 11.8 Å². The number of anilines is 1. The van der Waals surface area contributed by atoms with Crippen molar-refractivity contribution in [1.29, 1.82) is 0 Å². The summed E-state index contributed by atoms with van der Waals surface area (Å²) in [5.74, 6) is -0.819. The number of fused-ring (bicyclic) bond motifs is 1. The molecule has 7 heteroatoms. The molecule has 0 aliphatic heterocycles. The Morgan fingerprint density at radius 3 is 2.74 bits per heavy atom. The molecule has 118 valence electrons. The molecule has 0 unspecified atom stereocenters. The van der Waals surface area contributed by atoms with Gasteiger partial charge < -0.3 is 11.1 Å². The van der Waals surface area contributed by atoms with E-state index in [-0.39, 0.29) is 17.0 Å². The molecule has 0 spiro atoms. The van der Waals surface area contributed by atoms with E-state index in [9.17, 15) is 9.18 Å². The molecule has 23 heavy (non-hydrogen) atoms. The maximum Gasteiger partial charge on any atom is 0.263 e. The van der Waals surface area contributed by atoms with Gasteiger partial charge >= 0.3 is 0 Å². The molecule has 0 saturated heterocycles. The number of pyridine rings is 1. The van der Waals surface area contributed by atoms with Crippen molar-refractivity contribution in [3.05, 3.63) is 52.9 Å². The highest BCUT2D eigenvalue weighted by Gasteiger charge is 2.18. The number of halogens is 1. The van der Waals surface area contributed by atoms with E-state index in [0.29, 0.717) is 16.1 Å². The number of carbonyl (C=O) groups excluding carboxylic acids is 1. The summed E-state index contributed by atoms with van der Waals surface area (Å²) in [5, 5.41) is 3.08. The minimum atomic E-state index is -0.511. The Hall–Kier alpha value is -2.12. The van der Waals surface area contributed by atoms with Crippen LogP contribution in [0, 0.1) is 5.82 Å². The van der Waals surface area contributed by atoms with Crippen molar-refractivity contribution < 1.29 is 9.18 Å². The number of thioether (sulfide) groups is 1. The SMILES string of the molecule is CSc1ccc(CNC(=O)c2sc3cncc(F)c3c2N)cc1. The van der Waals surface area contributed by atoms with Gasteiger partial charge in [0.05, 0.1) is 22.0 Å². The summed E-state index contributed by atoms with van der Waals surface area (Å²) in [4.78, 5) is 17.6. The van der Waals surface area contributed by atoms with Gasteiger partial charge in [-0.15, -0.1) is 23.1 Å². The van der Waals surface area contributed by atoms with E-state index in [4.69, 9.17) is 5.73 Å². The Morgan fingerprint density at radius 2 is 2.09 bits per heavy atom. The van der Waals surface area contributed by atoms with Gasteiger partial charge in [-0.1, -0.05) is 12.1 Å². The summed E-state index contributed by atoms with van der Waals surface area (Å²) in [5.41, 5.74) is 7.08. The molecule has 2 heterocycles. The number of nitrogens with zero attached hydrogens (tertiary/aromatic N) is 1. The second-order valence-corrected chi connectivity index (χ2v) is 6.80. The number of thiophene rings is 1. The van der Waals surface area contributed by atoms with Crippen LogP contribution in [0.4, 0.5) is 10.1 Å². The van der Waals surface area contributed by atoms with Gasteiger partial charge in [-0.3, -0.25) is 9.78 Å². The van der Waals surface area contributed by atoms with Crippen LogP contribution in [0.5, 0.6) is 0 Å². The zero-order valence-corrected chi connectivity index (χ0v) is 13.9. The first kappa shape index (κ1) is 15.8. The molecule has 4 nitrogen and oxygen atoms in total. The monoisotopic (exact) mass is 347 g/mol. The fourth-order valence-electron chi connectivity index (χ4n) is 2.21. The third kappa shape index (κ3) is 3.16. The molecule has 1 amide bonds. The quantitative estimate of drug-likeness (QED) is 0.707. The summed E-state index contributed by atoms with van der Waals surface area (Å²) in [6, 6.07) is 7.93. The summed E-state index contributed by atoms with van der Waals surface area (Å²) in [6.45, 7) is 0.391. The van der Waals surface area contributed by atoms with Gasteiger partial charge in [0.2, 0.25) is 0 Å². The van der Waals surface area contributed by atoms with Crippen LogP contribution in [0.15, 0.2) is 41.6 Å². The third-order valence-electron chi connectivity index (χ3n) is 3.41. The zero-order chi connectivity index (χ0) is 16.4. The van der Waals surface area contributed by atoms with Crippen LogP contribution in [0.25, 0.3) is 10.1 Å². The number of hydrogen-bond acceptors (Lipinski definition) is 5. The number of carbonyl (C=O) groups is 1. The number of aromatic nitrogens is 1. The normalized spacial score (nSPS) is 10.9. The van der Waals surface area contributed by atoms with E-state index in [0.717, 1.165) is 28.0 Å². The highest BCUT2D eigenvalue weighted by atomic mass is 32.2. The molecule has 0 aliphatic carbocycles. The van der Waals surface area contributed by atoms with Gasteiger partial charge in [0.1, 0.15) is 4.88 Å². The van der Waals surface area contributed by atoms with Crippen LogP contribution >= 0.6 is 23.1 Å². The van der Waals surface area contributed by atoms with Crippen molar-refractivity contribution in [3.63, 3.8) is 0 Å². The molecule has 0 fully saturated rings. The van der Waals surface area contributed by atoms with Crippen molar-refractivity contribution in [2.75, 3.05) is 12.0 Å². The first-order chi connectivity index (χ1) is 11.1. The first-order valence-corrected chi connectivity index (χ1v) is 8.87. The maximum atomic E-state index is 13.8. The van der Waals surface area contributed by atoms with Crippen molar-refractivity contribution in [3.8, 4) is 0 Å². The molecule has 2 aromatic heterocycles. The minimum Gasteiger partial charge on any atom is -0.397 e. The second-order valence-electron chi connectivity index (χ2n) is 4.87. The largest absolute Gasteiger partial charge is 0.397 e. The molecule has 0 saturated carbocycles. The molecule has 3 aromatic rings. The van der Waals surface area contributed by atoms with Crippen LogP contribution in [0.2, 0.25) is 0 Å². The number of amides is 1. The van der Waals surface area contributed by atoms with Crippen LogP contribution in [-0.4, -0.2) is 17.1 Å². The fourth-order valence-corrected chi connectivity index (χ4v) is 3.64. The first-order valence-electron chi connectivity index (χ1n) is 6.82. The predicted octanol–water partition coefficient (Wildman–Crippen LogP) is 3.67. The van der Waals surface area contributed by atoms with Crippen molar-refractivity contribution in [1.82, 2.24) is 10.3 Å². The van der Waals surface area contributed by atoms with E-state index < -0.39 is 5.82 Å². The molecule has 3 N–H and O–H groups in total. The predicted molar refractivity (Wildman–Crippen MR) is 93.4 cm³/mol. The summed E-state index contributed by atoms with van der Waals surface area (Å²) in [7, 11) is 0. The smallest absolute Gasteiger partial charge is 0.263 e. The molecule has 0 aliphatic rings. The van der Waals surface area contributed by atoms with Crippen LogP contribution < -0.4 is 11.1 Å². The zero-order valence-electron chi connectivity index (χ0n) is 12.3. The number of nitrogens with two attached hydrogens (primary N) is 1. The highest BCUT2D eigenvalue weighted by molar-refractivity contribution is 7.98. The van der Waals surface area contributed by atoms with Gasteiger partial charge in [-0.25, -0.2) is 4.39 Å². The topological polar surface area (TPSA) is 68.0 Å². The second kappa shape index (κ2) is 6.55. The van der Waals surface area contributed by atoms with Crippen molar-refractivity contribution >= 4 is 44.8 Å². The Morgan fingerprint density at radius 1 is 1.35 bits per heavy atom. The van der Waals surface area contributed by atoms with Crippen molar-refractivity contribution in [2.24, 2.45) is 0 Å². The Labute approximate surface area is 140 Å². The van der Waals surface area contributed by atoms with E-state index in [2.05, 4.69) is 10.3 Å². The van der Waals surface area contributed by atoms with Gasteiger partial charge in [-0.2, -0.15) is 0 Å². The minimum absolute atomic E-state index is 0.167. The van der Waals surface area contributed by atoms with Crippen LogP contribution in [-0.2, 0) is 6.54 Å². The highest BCUT2D eigenvalue weighted by Crippen LogP contribution is 2.34. The molecule has 1 aromatic carbocycles. The van der Waals surface area contributed by atoms with Gasteiger partial charge in [0.15, 0.2) is 5.82 Å². The fraction of sp³-hybridized carbons (Fsp3) is 0.125. The molecule has 0 radical (unpaired) electrons. The van der Waals surface area contributed by atoms with E-state index in [1.165, 1.54) is 6.20 Å². The van der Waals surface area contributed by atoms with Gasteiger partial charge in [0.25, 0.3) is 5.91 Å². The number of nitrogens with one attached hydrogen (secondary N) is 1. The Balaban J connectivity index is 1.78. The number of rotatable bonds is 4. The lowest BCUT2D eigenvalue weighted by Crippen LogP contribution is -2.22. The summed E-state index contributed by atoms with van der Waals surface area (Å²) in [6.07, 6.45) is 4.62. The van der Waals surface area contributed by atoms with E-state index in [1.807, 2.05) is 30.5 Å². The molecule has 0 atom stereocenters. The molecule has 0 bridgehead atoms. The summed E-state index contributed by atoms with van der Waals surface area (Å²) < 4.78 is 14.3. The average Bonchev–Trinajstić information content (AvgIpc) is 2.91. The van der Waals surface area contributed by atoms with Gasteiger partial charge in [-0.05, 0) is 24.0 Å². The lowest BCUT2D eigenvalue weighted by Gasteiger charge is -2.05. The van der Waals surface area contributed by atoms with Gasteiger partial charge in [0, 0.05) is 17.6 Å². The lowest BCUT2D eigenvalue weighted by molar-refractivity contribution is 0.0956. The van der Waals surface area contributed by atoms with Crippen LogP contribution in [0.3, 0.4) is 0 Å². The number of benzene rings is 1. The number of nitrogen functional groups attached to an aromatic ring is 1. The van der Waals surface area contributed by atoms with Crippen molar-refractivity contribution in [2.45, 2.75) is 11.4 Å². The molecule has 3 rings (SSSR count). The third-order valence-corrected chi connectivity index (χ3v) is 5.29. The van der Waals surface area contributed by atoms with E-state index >= 15 is 0 Å².